The van der Waals surface area contributed by atoms with Crippen molar-refractivity contribution in [1.29, 1.82) is 0 Å². The highest BCUT2D eigenvalue weighted by Gasteiger charge is 2.33. The number of hydrogen-bond acceptors (Lipinski definition) is 6. The second kappa shape index (κ2) is 9.46. The maximum absolute atomic E-state index is 13.7. The molecule has 0 radical (unpaired) electrons. The summed E-state index contributed by atoms with van der Waals surface area (Å²) in [7, 11) is -2.95. The van der Waals surface area contributed by atoms with E-state index in [0.717, 1.165) is 23.8 Å². The Morgan fingerprint density at radius 3 is 2.73 bits per heavy atom. The van der Waals surface area contributed by atoms with Gasteiger partial charge < -0.3 is 14.5 Å². The molecule has 1 aliphatic heterocycles. The third kappa shape index (κ3) is 4.85. The van der Waals surface area contributed by atoms with Gasteiger partial charge in [-0.2, -0.15) is 4.31 Å². The molecule has 1 saturated heterocycles. The second-order valence-electron chi connectivity index (χ2n) is 8.13. The molecule has 174 valence electrons. The van der Waals surface area contributed by atoms with Gasteiger partial charge in [0.2, 0.25) is 10.0 Å². The van der Waals surface area contributed by atoms with Crippen LogP contribution in [0.1, 0.15) is 34.3 Å². The molecule has 0 aliphatic carbocycles. The fourth-order valence-electron chi connectivity index (χ4n) is 4.04. The van der Waals surface area contributed by atoms with Gasteiger partial charge in [0.05, 0.1) is 23.7 Å². The molecule has 0 spiro atoms. The Kier molecular flexibility index (Phi) is 6.64. The molecule has 1 aliphatic rings. The Labute approximate surface area is 192 Å². The number of carbonyl (C=O) groups is 1. The van der Waals surface area contributed by atoms with Gasteiger partial charge in [0.15, 0.2) is 0 Å². The van der Waals surface area contributed by atoms with Gasteiger partial charge >= 0.3 is 5.97 Å². The topological polar surface area (TPSA) is 106 Å². The van der Waals surface area contributed by atoms with Crippen LogP contribution >= 0.6 is 0 Å². The lowest BCUT2D eigenvalue weighted by molar-refractivity contribution is 0.0596. The average Bonchev–Trinajstić information content (AvgIpc) is 3.32. The number of benzene rings is 2. The van der Waals surface area contributed by atoms with Crippen molar-refractivity contribution in [3.8, 4) is 0 Å². The molecule has 1 N–H and O–H groups in total. The van der Waals surface area contributed by atoms with Crippen LogP contribution in [0.4, 0.5) is 0 Å². The molecule has 2 heterocycles. The van der Waals surface area contributed by atoms with E-state index in [4.69, 9.17) is 9.47 Å². The highest BCUT2D eigenvalue weighted by Crippen LogP contribution is 2.25. The quantitative estimate of drug-likeness (QED) is 0.532. The van der Waals surface area contributed by atoms with Gasteiger partial charge in [-0.3, -0.25) is 4.79 Å². The Morgan fingerprint density at radius 1 is 1.21 bits per heavy atom. The number of esters is 1. The number of nitrogens with zero attached hydrogens (tertiary/aromatic N) is 1. The zero-order chi connectivity index (χ0) is 23.6. The molecule has 33 heavy (non-hydrogen) atoms. The van der Waals surface area contributed by atoms with Gasteiger partial charge in [-0.15, -0.1) is 0 Å². The summed E-state index contributed by atoms with van der Waals surface area (Å²) in [5.74, 6) is -0.745. The van der Waals surface area contributed by atoms with Crippen molar-refractivity contribution in [3.63, 3.8) is 0 Å². The molecule has 1 fully saturated rings. The summed E-state index contributed by atoms with van der Waals surface area (Å²) in [6.07, 6.45) is 1.28. The summed E-state index contributed by atoms with van der Waals surface area (Å²) >= 11 is 0. The van der Waals surface area contributed by atoms with Crippen LogP contribution in [0, 0.1) is 6.92 Å². The summed E-state index contributed by atoms with van der Waals surface area (Å²) in [5.41, 5.74) is 1.59. The van der Waals surface area contributed by atoms with E-state index < -0.39 is 16.0 Å². The van der Waals surface area contributed by atoms with Crippen LogP contribution in [0.3, 0.4) is 0 Å². The summed E-state index contributed by atoms with van der Waals surface area (Å²) in [5, 5.41) is 0.805. The predicted octanol–water partition coefficient (Wildman–Crippen LogP) is 2.99. The minimum atomic E-state index is -4.15. The first kappa shape index (κ1) is 23.2. The lowest BCUT2D eigenvalue weighted by Gasteiger charge is -2.25. The minimum absolute atomic E-state index is 0.0553. The molecule has 3 aromatic rings. The maximum atomic E-state index is 13.7. The van der Waals surface area contributed by atoms with Gasteiger partial charge in [0.1, 0.15) is 0 Å². The van der Waals surface area contributed by atoms with Crippen LogP contribution in [-0.4, -0.2) is 50.0 Å². The molecule has 0 saturated carbocycles. The average molecular weight is 471 g/mol. The largest absolute Gasteiger partial charge is 0.465 e. The third-order valence-corrected chi connectivity index (χ3v) is 7.64. The predicted molar refractivity (Wildman–Crippen MR) is 124 cm³/mol. The lowest BCUT2D eigenvalue weighted by Crippen LogP contribution is -2.39. The van der Waals surface area contributed by atoms with Crippen molar-refractivity contribution in [2.24, 2.45) is 0 Å². The van der Waals surface area contributed by atoms with Crippen molar-refractivity contribution in [1.82, 2.24) is 9.29 Å². The zero-order valence-electron chi connectivity index (χ0n) is 18.5. The first-order chi connectivity index (χ1) is 15.8. The van der Waals surface area contributed by atoms with E-state index in [1.807, 2.05) is 25.1 Å². The van der Waals surface area contributed by atoms with Crippen molar-refractivity contribution in [2.45, 2.75) is 37.3 Å². The highest BCUT2D eigenvalue weighted by molar-refractivity contribution is 7.89. The fraction of sp³-hybridized carbons (Fsp3) is 0.333. The minimum Gasteiger partial charge on any atom is -0.465 e. The number of carbonyl (C=O) groups excluding carboxylic acids is 1. The lowest BCUT2D eigenvalue weighted by atomic mass is 10.1. The number of sulfonamides is 1. The first-order valence-electron chi connectivity index (χ1n) is 10.7. The van der Waals surface area contributed by atoms with Crippen LogP contribution < -0.4 is 5.56 Å². The second-order valence-corrected chi connectivity index (χ2v) is 10.0. The van der Waals surface area contributed by atoms with Gasteiger partial charge in [-0.05, 0) is 55.0 Å². The van der Waals surface area contributed by atoms with Crippen LogP contribution in [-0.2, 0) is 26.0 Å². The molecule has 0 bridgehead atoms. The van der Waals surface area contributed by atoms with Crippen LogP contribution in [0.25, 0.3) is 10.9 Å². The van der Waals surface area contributed by atoms with E-state index in [1.54, 1.807) is 18.2 Å². The van der Waals surface area contributed by atoms with Crippen molar-refractivity contribution < 1.29 is 22.7 Å². The highest BCUT2D eigenvalue weighted by atomic mass is 32.2. The van der Waals surface area contributed by atoms with Gasteiger partial charge in [0, 0.05) is 30.8 Å². The monoisotopic (exact) mass is 470 g/mol. The number of H-pyrrole nitrogens is 1. The molecule has 4 rings (SSSR count). The van der Waals surface area contributed by atoms with Crippen molar-refractivity contribution >= 4 is 26.9 Å². The summed E-state index contributed by atoms with van der Waals surface area (Å²) in [6, 6.07) is 13.3. The van der Waals surface area contributed by atoms with Crippen LogP contribution in [0.2, 0.25) is 0 Å². The molecule has 1 unspecified atom stereocenters. The number of aryl methyl sites for hydroxylation is 1. The summed E-state index contributed by atoms with van der Waals surface area (Å²) in [6.45, 7) is 2.41. The number of aromatic amines is 1. The van der Waals surface area contributed by atoms with E-state index in [-0.39, 0.29) is 35.2 Å². The van der Waals surface area contributed by atoms with E-state index in [2.05, 4.69) is 4.98 Å². The van der Waals surface area contributed by atoms with E-state index in [1.165, 1.54) is 23.5 Å². The molecule has 8 nitrogen and oxygen atoms in total. The van der Waals surface area contributed by atoms with Crippen molar-refractivity contribution in [3.05, 3.63) is 75.6 Å². The number of methoxy groups -OCH3 is 1. The molecule has 1 atom stereocenters. The zero-order valence-corrected chi connectivity index (χ0v) is 19.4. The number of aromatic nitrogens is 1. The Bertz CT molecular complexity index is 1340. The Hall–Kier alpha value is -3.01. The molecule has 2 aromatic carbocycles. The Balaban J connectivity index is 1.77. The van der Waals surface area contributed by atoms with E-state index in [9.17, 15) is 18.0 Å². The third-order valence-electron chi connectivity index (χ3n) is 5.77. The van der Waals surface area contributed by atoms with Crippen LogP contribution in [0.5, 0.6) is 0 Å². The summed E-state index contributed by atoms with van der Waals surface area (Å²) < 4.78 is 39.1. The number of fused-ring (bicyclic) bond motifs is 1. The number of ether oxygens (including phenoxy) is 2. The molecular weight excluding hydrogens is 444 g/mol. The molecular formula is C24H26N2O6S. The summed E-state index contributed by atoms with van der Waals surface area (Å²) in [4.78, 5) is 27.8. The van der Waals surface area contributed by atoms with Crippen LogP contribution in [0.15, 0.2) is 58.2 Å². The first-order valence-corrected chi connectivity index (χ1v) is 12.2. The fourth-order valence-corrected chi connectivity index (χ4v) is 5.67. The number of nitrogens with one attached hydrogen (secondary N) is 1. The van der Waals surface area contributed by atoms with E-state index in [0.29, 0.717) is 17.7 Å². The molecule has 1 aromatic heterocycles. The smallest absolute Gasteiger partial charge is 0.339 e. The van der Waals surface area contributed by atoms with Gasteiger partial charge in [-0.25, -0.2) is 13.2 Å². The Morgan fingerprint density at radius 2 is 2.00 bits per heavy atom. The van der Waals surface area contributed by atoms with Crippen molar-refractivity contribution in [2.75, 3.05) is 20.3 Å². The molecule has 0 amide bonds. The number of pyridine rings is 1. The maximum Gasteiger partial charge on any atom is 0.339 e. The normalized spacial score (nSPS) is 16.4. The SMILES string of the molecule is COC(=O)c1ccccc1S(=O)(=O)N(Cc1cc2ccc(C)cc2[nH]c1=O)CC1CCCO1. The number of hydrogen-bond donors (Lipinski definition) is 1. The standard InChI is InChI=1S/C24H26N2O6S/c1-16-9-10-17-13-18(23(27)25-21(17)12-16)14-26(15-19-6-5-11-32-19)33(29,30)22-8-4-3-7-20(22)24(28)31-2/h3-4,7-10,12-13,19H,5-6,11,14-15H2,1-2H3,(H,25,27). The van der Waals surface area contributed by atoms with Gasteiger partial charge in [0.25, 0.3) is 5.56 Å². The van der Waals surface area contributed by atoms with E-state index >= 15 is 0 Å². The molecule has 9 heteroatoms. The van der Waals surface area contributed by atoms with Gasteiger partial charge in [-0.1, -0.05) is 24.3 Å². The number of rotatable bonds is 7.